The summed E-state index contributed by atoms with van der Waals surface area (Å²) in [7, 11) is 2.44. The number of methoxy groups -OCH3 is 2. The molecular formula is C22H24FN3O7. The topological polar surface area (TPSA) is 137 Å². The maximum Gasteiger partial charge on any atom is 0.328 e. The van der Waals surface area contributed by atoms with Gasteiger partial charge in [0.1, 0.15) is 17.9 Å². The molecule has 0 unspecified atom stereocenters. The van der Waals surface area contributed by atoms with Gasteiger partial charge in [-0.2, -0.15) is 0 Å². The zero-order valence-electron chi connectivity index (χ0n) is 18.3. The van der Waals surface area contributed by atoms with Crippen LogP contribution in [0.5, 0.6) is 5.75 Å². The maximum atomic E-state index is 13.2. The lowest BCUT2D eigenvalue weighted by Crippen LogP contribution is -2.53. The van der Waals surface area contributed by atoms with Gasteiger partial charge in [0.15, 0.2) is 5.75 Å². The second kappa shape index (κ2) is 11.6. The molecule has 2 aromatic carbocycles. The lowest BCUT2D eigenvalue weighted by molar-refractivity contribution is -0.385. The first-order valence-corrected chi connectivity index (χ1v) is 9.85. The quantitative estimate of drug-likeness (QED) is 0.312. The fraction of sp³-hybridized carbons (Fsp3) is 0.318. The second-order valence-electron chi connectivity index (χ2n) is 7.14. The molecule has 0 fully saturated rings. The molecule has 0 aromatic heterocycles. The van der Waals surface area contributed by atoms with Crippen LogP contribution in [0.1, 0.15) is 18.1 Å². The van der Waals surface area contributed by atoms with Crippen LogP contribution in [0, 0.1) is 15.9 Å². The Bertz CT molecular complexity index is 1030. The van der Waals surface area contributed by atoms with E-state index in [0.29, 0.717) is 11.1 Å². The molecule has 0 aliphatic heterocycles. The summed E-state index contributed by atoms with van der Waals surface area (Å²) < 4.78 is 22.9. The average Bonchev–Trinajstić information content (AvgIpc) is 2.78. The number of nitro groups is 1. The number of nitrogens with one attached hydrogen (secondary N) is 2. The molecule has 0 saturated heterocycles. The third-order valence-electron chi connectivity index (χ3n) is 4.73. The van der Waals surface area contributed by atoms with Crippen LogP contribution in [0.25, 0.3) is 0 Å². The van der Waals surface area contributed by atoms with Crippen LogP contribution >= 0.6 is 0 Å². The van der Waals surface area contributed by atoms with Crippen molar-refractivity contribution in [2.75, 3.05) is 14.2 Å². The normalized spacial score (nSPS) is 12.2. The molecule has 0 radical (unpaired) electrons. The molecule has 2 N–H and O–H groups in total. The Kier molecular flexibility index (Phi) is 8.84. The minimum atomic E-state index is -1.18. The number of hydrogen-bond donors (Lipinski definition) is 2. The minimum Gasteiger partial charge on any atom is -0.490 e. The Morgan fingerprint density at radius 3 is 2.15 bits per heavy atom. The second-order valence-corrected chi connectivity index (χ2v) is 7.14. The highest BCUT2D eigenvalue weighted by Crippen LogP contribution is 2.28. The van der Waals surface area contributed by atoms with Gasteiger partial charge in [-0.05, 0) is 29.3 Å². The molecule has 2 aromatic rings. The Morgan fingerprint density at radius 2 is 1.61 bits per heavy atom. The van der Waals surface area contributed by atoms with Crippen molar-refractivity contribution < 1.29 is 33.2 Å². The first-order valence-electron chi connectivity index (χ1n) is 9.85. The number of ether oxygens (including phenoxy) is 2. The van der Waals surface area contributed by atoms with Gasteiger partial charge in [0.05, 0.1) is 19.1 Å². The Morgan fingerprint density at radius 1 is 1.00 bits per heavy atom. The van der Waals surface area contributed by atoms with Crippen molar-refractivity contribution in [3.05, 3.63) is 69.5 Å². The highest BCUT2D eigenvalue weighted by molar-refractivity contribution is 5.90. The molecule has 33 heavy (non-hydrogen) atoms. The van der Waals surface area contributed by atoms with E-state index in [-0.39, 0.29) is 24.3 Å². The van der Waals surface area contributed by atoms with Crippen LogP contribution in [-0.4, -0.2) is 49.0 Å². The number of halogens is 1. The van der Waals surface area contributed by atoms with Crippen LogP contribution < -0.4 is 15.4 Å². The Hall–Kier alpha value is -4.02. The number of hydrogen-bond acceptors (Lipinski definition) is 7. The van der Waals surface area contributed by atoms with E-state index in [1.165, 1.54) is 56.5 Å². The molecule has 11 heteroatoms. The van der Waals surface area contributed by atoms with Crippen molar-refractivity contribution >= 4 is 23.5 Å². The summed E-state index contributed by atoms with van der Waals surface area (Å²) in [5.74, 6) is -2.32. The van der Waals surface area contributed by atoms with Crippen LogP contribution in [-0.2, 0) is 32.0 Å². The number of benzene rings is 2. The lowest BCUT2D eigenvalue weighted by atomic mass is 10.0. The summed E-state index contributed by atoms with van der Waals surface area (Å²) >= 11 is 0. The number of nitro benzene ring substituents is 1. The van der Waals surface area contributed by atoms with Crippen LogP contribution in [0.4, 0.5) is 10.1 Å². The molecule has 2 rings (SSSR count). The predicted molar refractivity (Wildman–Crippen MR) is 115 cm³/mol. The largest absolute Gasteiger partial charge is 0.490 e. The van der Waals surface area contributed by atoms with Crippen molar-refractivity contribution in [1.82, 2.24) is 10.6 Å². The van der Waals surface area contributed by atoms with E-state index in [1.54, 1.807) is 0 Å². The van der Waals surface area contributed by atoms with Gasteiger partial charge in [0, 0.05) is 25.8 Å². The average molecular weight is 461 g/mol. The molecule has 0 saturated carbocycles. The van der Waals surface area contributed by atoms with Gasteiger partial charge >= 0.3 is 11.7 Å². The number of carbonyl (C=O) groups is 3. The van der Waals surface area contributed by atoms with E-state index >= 15 is 0 Å². The zero-order valence-corrected chi connectivity index (χ0v) is 18.3. The Labute approximate surface area is 189 Å². The van der Waals surface area contributed by atoms with E-state index in [0.717, 1.165) is 7.11 Å². The molecule has 2 atom stereocenters. The molecule has 0 spiro atoms. The number of amides is 2. The molecule has 2 amide bonds. The van der Waals surface area contributed by atoms with E-state index in [9.17, 15) is 28.9 Å². The van der Waals surface area contributed by atoms with E-state index < -0.39 is 40.6 Å². The standard InChI is InChI=1S/C22H24FN3O7/c1-13(27)24-17(10-14-4-7-16(23)8-5-14)21(28)25-18(22(29)33-3)11-15-6-9-20(32-2)19(12-15)26(30)31/h4-9,12,17-18H,10-11H2,1-3H3,(H,24,27)(H,25,28)/t17-,18+/m0/s1. The molecule has 0 bridgehead atoms. The Balaban J connectivity index is 2.24. The molecule has 176 valence electrons. The van der Waals surface area contributed by atoms with Gasteiger partial charge in [-0.25, -0.2) is 9.18 Å². The summed E-state index contributed by atoms with van der Waals surface area (Å²) in [5, 5.41) is 16.3. The monoisotopic (exact) mass is 461 g/mol. The SMILES string of the molecule is COC(=O)[C@@H](Cc1ccc(OC)c([N+](=O)[O-])c1)NC(=O)[C@H](Cc1ccc(F)cc1)NC(C)=O. The third kappa shape index (κ3) is 7.27. The summed E-state index contributed by atoms with van der Waals surface area (Å²) in [5.41, 5.74) is 0.677. The van der Waals surface area contributed by atoms with Crippen molar-refractivity contribution in [2.24, 2.45) is 0 Å². The van der Waals surface area contributed by atoms with E-state index in [4.69, 9.17) is 9.47 Å². The molecule has 10 nitrogen and oxygen atoms in total. The van der Waals surface area contributed by atoms with Crippen molar-refractivity contribution in [1.29, 1.82) is 0 Å². The third-order valence-corrected chi connectivity index (χ3v) is 4.73. The number of rotatable bonds is 10. The molecule has 0 aliphatic carbocycles. The van der Waals surface area contributed by atoms with Crippen molar-refractivity contribution in [2.45, 2.75) is 31.8 Å². The zero-order chi connectivity index (χ0) is 24.5. The number of esters is 1. The molecule has 0 heterocycles. The lowest BCUT2D eigenvalue weighted by Gasteiger charge is -2.22. The molecular weight excluding hydrogens is 437 g/mol. The smallest absolute Gasteiger partial charge is 0.328 e. The van der Waals surface area contributed by atoms with Crippen LogP contribution in [0.2, 0.25) is 0 Å². The van der Waals surface area contributed by atoms with Crippen molar-refractivity contribution in [3.8, 4) is 5.75 Å². The van der Waals surface area contributed by atoms with Gasteiger partial charge in [-0.3, -0.25) is 19.7 Å². The fourth-order valence-corrected chi connectivity index (χ4v) is 3.16. The summed E-state index contributed by atoms with van der Waals surface area (Å²) in [6.07, 6.45) is -0.0554. The van der Waals surface area contributed by atoms with Gasteiger partial charge < -0.3 is 20.1 Å². The first-order chi connectivity index (χ1) is 15.6. The summed E-state index contributed by atoms with van der Waals surface area (Å²) in [6, 6.07) is 7.33. The molecule has 0 aliphatic rings. The van der Waals surface area contributed by atoms with Gasteiger partial charge in [0.2, 0.25) is 11.8 Å². The van der Waals surface area contributed by atoms with Gasteiger partial charge in [-0.15, -0.1) is 0 Å². The highest BCUT2D eigenvalue weighted by Gasteiger charge is 2.28. The fourth-order valence-electron chi connectivity index (χ4n) is 3.16. The van der Waals surface area contributed by atoms with Crippen LogP contribution in [0.15, 0.2) is 42.5 Å². The number of nitrogens with zero attached hydrogens (tertiary/aromatic N) is 1. The van der Waals surface area contributed by atoms with Gasteiger partial charge in [-0.1, -0.05) is 18.2 Å². The van der Waals surface area contributed by atoms with Crippen molar-refractivity contribution in [3.63, 3.8) is 0 Å². The van der Waals surface area contributed by atoms with Gasteiger partial charge in [0.25, 0.3) is 0 Å². The maximum absolute atomic E-state index is 13.2. The highest BCUT2D eigenvalue weighted by atomic mass is 19.1. The summed E-state index contributed by atoms with van der Waals surface area (Å²) in [6.45, 7) is 1.24. The number of carbonyl (C=O) groups excluding carboxylic acids is 3. The van der Waals surface area contributed by atoms with E-state index in [2.05, 4.69) is 10.6 Å². The van der Waals surface area contributed by atoms with Crippen LogP contribution in [0.3, 0.4) is 0 Å². The summed E-state index contributed by atoms with van der Waals surface area (Å²) in [4.78, 5) is 47.5. The minimum absolute atomic E-state index is 0.0485. The first kappa shape index (κ1) is 25.2. The van der Waals surface area contributed by atoms with E-state index in [1.807, 2.05) is 0 Å². The predicted octanol–water partition coefficient (Wildman–Crippen LogP) is 1.69.